The molecule has 0 aromatic rings. The van der Waals surface area contributed by atoms with E-state index in [4.69, 9.17) is 9.47 Å². The Kier molecular flexibility index (Phi) is 10.6. The molecule has 10 heteroatoms. The molecular weight excluding hydrogens is 514 g/mol. The van der Waals surface area contributed by atoms with Gasteiger partial charge in [0.15, 0.2) is 0 Å². The number of allylic oxidation sites excluding steroid dienone is 1. The zero-order chi connectivity index (χ0) is 29.8. The largest absolute Gasteiger partial charge is 0.460 e. The maximum absolute atomic E-state index is 14.2. The van der Waals surface area contributed by atoms with Crippen molar-refractivity contribution >= 4 is 23.7 Å². The summed E-state index contributed by atoms with van der Waals surface area (Å²) in [6.07, 6.45) is 4.67. The number of ether oxygens (including phenoxy) is 2. The number of nitrogens with one attached hydrogen (secondary N) is 1. The number of esters is 1. The molecule has 2 bridgehead atoms. The topological polar surface area (TPSA) is 125 Å². The Labute approximate surface area is 238 Å². The van der Waals surface area contributed by atoms with Crippen LogP contribution in [-0.4, -0.2) is 94.2 Å². The first-order valence-corrected chi connectivity index (χ1v) is 14.6. The van der Waals surface area contributed by atoms with Gasteiger partial charge in [0.05, 0.1) is 37.1 Å². The van der Waals surface area contributed by atoms with Crippen LogP contribution in [0.5, 0.6) is 0 Å². The Balaban J connectivity index is 1.92. The summed E-state index contributed by atoms with van der Waals surface area (Å²) in [5, 5.41) is 13.2. The molecule has 0 unspecified atom stereocenters. The molecule has 3 amide bonds. The van der Waals surface area contributed by atoms with Crippen LogP contribution in [-0.2, 0) is 28.7 Å². The normalized spacial score (nSPS) is 29.1. The summed E-state index contributed by atoms with van der Waals surface area (Å²) in [5.74, 6) is -3.20. The van der Waals surface area contributed by atoms with Crippen molar-refractivity contribution in [2.24, 2.45) is 17.8 Å². The van der Waals surface area contributed by atoms with Gasteiger partial charge in [-0.05, 0) is 46.0 Å². The number of likely N-dealkylation sites (tertiary alicyclic amines) is 1. The second-order valence-corrected chi connectivity index (χ2v) is 11.7. The van der Waals surface area contributed by atoms with Crippen LogP contribution in [0.25, 0.3) is 0 Å². The van der Waals surface area contributed by atoms with E-state index >= 15 is 0 Å². The van der Waals surface area contributed by atoms with Crippen LogP contribution < -0.4 is 5.32 Å². The van der Waals surface area contributed by atoms with Crippen LogP contribution in [0.15, 0.2) is 25.3 Å². The van der Waals surface area contributed by atoms with E-state index in [1.54, 1.807) is 24.0 Å². The van der Waals surface area contributed by atoms with E-state index in [0.29, 0.717) is 38.6 Å². The zero-order valence-electron chi connectivity index (χ0n) is 24.6. The van der Waals surface area contributed by atoms with Gasteiger partial charge in [0.2, 0.25) is 17.7 Å². The number of amides is 3. The van der Waals surface area contributed by atoms with Gasteiger partial charge in [-0.1, -0.05) is 32.4 Å². The van der Waals surface area contributed by atoms with Gasteiger partial charge < -0.3 is 29.7 Å². The van der Waals surface area contributed by atoms with E-state index in [2.05, 4.69) is 18.5 Å². The summed E-state index contributed by atoms with van der Waals surface area (Å²) in [7, 11) is 0. The first kappa shape index (κ1) is 31.8. The molecule has 0 radical (unpaired) electrons. The standard InChI is InChI=1S/C30H47N3O7/c1-8-11-12-23(35)31-16-20(7)39-29(38)24-22-13-14-30(40-22)25(24)27(36)33(21(17-34)19(6)10-3)26(30)28(37)32(15-9-2)18(4)5/h8-9,18-22,24-26,34H,1-2,10-17H2,3-7H3,(H,31,35)/t19-,20-,21-,22-,24+,25+,26-,30+/m0/s1. The average Bonchev–Trinajstić information content (AvgIpc) is 3.56. The number of hydrogen-bond acceptors (Lipinski definition) is 7. The Bertz CT molecular complexity index is 984. The number of hydrogen-bond donors (Lipinski definition) is 2. The van der Waals surface area contributed by atoms with E-state index in [-0.39, 0.29) is 42.8 Å². The van der Waals surface area contributed by atoms with Crippen molar-refractivity contribution in [1.29, 1.82) is 0 Å². The predicted octanol–water partition coefficient (Wildman–Crippen LogP) is 2.21. The Morgan fingerprint density at radius 1 is 1.25 bits per heavy atom. The molecule has 0 aromatic heterocycles. The van der Waals surface area contributed by atoms with Gasteiger partial charge in [-0.25, -0.2) is 0 Å². The molecule has 3 fully saturated rings. The van der Waals surface area contributed by atoms with Gasteiger partial charge in [0.25, 0.3) is 0 Å². The smallest absolute Gasteiger partial charge is 0.312 e. The number of aliphatic hydroxyl groups is 1. The highest BCUT2D eigenvalue weighted by molar-refractivity contribution is 5.98. The second-order valence-electron chi connectivity index (χ2n) is 11.7. The molecule has 3 aliphatic rings. The van der Waals surface area contributed by atoms with Crippen molar-refractivity contribution < 1.29 is 33.8 Å². The number of carbonyl (C=O) groups excluding carboxylic acids is 4. The Hall–Kier alpha value is -2.72. The summed E-state index contributed by atoms with van der Waals surface area (Å²) in [6.45, 7) is 16.9. The predicted molar refractivity (Wildman–Crippen MR) is 150 cm³/mol. The Morgan fingerprint density at radius 2 is 1.95 bits per heavy atom. The van der Waals surface area contributed by atoms with E-state index in [1.807, 2.05) is 27.7 Å². The maximum atomic E-state index is 14.2. The van der Waals surface area contributed by atoms with Crippen LogP contribution in [0, 0.1) is 17.8 Å². The molecule has 1 spiro atoms. The van der Waals surface area contributed by atoms with Gasteiger partial charge >= 0.3 is 5.97 Å². The molecular formula is C30H47N3O7. The van der Waals surface area contributed by atoms with Gasteiger partial charge in [-0.2, -0.15) is 0 Å². The summed E-state index contributed by atoms with van der Waals surface area (Å²) in [4.78, 5) is 57.2. The average molecular weight is 562 g/mol. The molecule has 3 heterocycles. The fraction of sp³-hybridized carbons (Fsp3) is 0.733. The lowest BCUT2D eigenvalue weighted by Crippen LogP contribution is -2.60. The van der Waals surface area contributed by atoms with Crippen molar-refractivity contribution in [3.8, 4) is 0 Å². The first-order chi connectivity index (χ1) is 19.0. The molecule has 40 heavy (non-hydrogen) atoms. The fourth-order valence-corrected chi connectivity index (χ4v) is 6.56. The number of carbonyl (C=O) groups is 4. The van der Waals surface area contributed by atoms with Crippen molar-refractivity contribution in [1.82, 2.24) is 15.1 Å². The van der Waals surface area contributed by atoms with Crippen molar-refractivity contribution in [2.45, 2.75) is 103 Å². The number of rotatable bonds is 15. The minimum Gasteiger partial charge on any atom is -0.460 e. The molecule has 224 valence electrons. The van der Waals surface area contributed by atoms with Gasteiger partial charge in [0, 0.05) is 19.0 Å². The lowest BCUT2D eigenvalue weighted by molar-refractivity contribution is -0.160. The summed E-state index contributed by atoms with van der Waals surface area (Å²) >= 11 is 0. The number of aliphatic hydroxyl groups excluding tert-OH is 1. The molecule has 3 rings (SSSR count). The fourth-order valence-electron chi connectivity index (χ4n) is 6.56. The molecule has 8 atom stereocenters. The first-order valence-electron chi connectivity index (χ1n) is 14.6. The zero-order valence-corrected chi connectivity index (χ0v) is 24.6. The van der Waals surface area contributed by atoms with Gasteiger partial charge in [0.1, 0.15) is 17.7 Å². The minimum atomic E-state index is -1.18. The van der Waals surface area contributed by atoms with Crippen LogP contribution in [0.3, 0.4) is 0 Å². The maximum Gasteiger partial charge on any atom is 0.312 e. The quantitative estimate of drug-likeness (QED) is 0.232. The highest BCUT2D eigenvalue weighted by atomic mass is 16.6. The monoisotopic (exact) mass is 561 g/mol. The molecule has 2 N–H and O–H groups in total. The highest BCUT2D eigenvalue weighted by Gasteiger charge is 2.75. The molecule has 0 aromatic carbocycles. The third-order valence-electron chi connectivity index (χ3n) is 8.80. The summed E-state index contributed by atoms with van der Waals surface area (Å²) in [5.41, 5.74) is -1.18. The number of fused-ring (bicyclic) bond motifs is 1. The van der Waals surface area contributed by atoms with E-state index in [9.17, 15) is 24.3 Å². The SMILES string of the molecule is C=CCCC(=O)NC[C@H](C)OC(=O)[C@@H]1[C@@H]2CC[C@]3(O2)[C@H](C(=O)N(CC=C)C(C)C)N([C@@H](CO)[C@@H](C)CC)C(=O)[C@@H]13. The molecule has 3 saturated heterocycles. The molecule has 10 nitrogen and oxygen atoms in total. The van der Waals surface area contributed by atoms with Crippen LogP contribution >= 0.6 is 0 Å². The van der Waals surface area contributed by atoms with Crippen LogP contribution in [0.1, 0.15) is 66.7 Å². The van der Waals surface area contributed by atoms with Crippen LogP contribution in [0.4, 0.5) is 0 Å². The third-order valence-corrected chi connectivity index (χ3v) is 8.80. The van der Waals surface area contributed by atoms with Gasteiger partial charge in [-0.15, -0.1) is 13.2 Å². The van der Waals surface area contributed by atoms with E-state index < -0.39 is 47.7 Å². The lowest BCUT2D eigenvalue weighted by atomic mass is 9.70. The van der Waals surface area contributed by atoms with Crippen molar-refractivity contribution in [2.75, 3.05) is 19.7 Å². The Morgan fingerprint density at radius 3 is 2.52 bits per heavy atom. The second kappa shape index (κ2) is 13.3. The third kappa shape index (κ3) is 5.84. The van der Waals surface area contributed by atoms with E-state index in [0.717, 1.165) is 0 Å². The van der Waals surface area contributed by atoms with Crippen molar-refractivity contribution in [3.05, 3.63) is 25.3 Å². The number of nitrogens with zero attached hydrogens (tertiary/aromatic N) is 2. The summed E-state index contributed by atoms with van der Waals surface area (Å²) in [6, 6.07) is -1.73. The highest BCUT2D eigenvalue weighted by Crippen LogP contribution is 2.59. The minimum absolute atomic E-state index is 0.0845. The lowest BCUT2D eigenvalue weighted by Gasteiger charge is -2.41. The molecule has 0 saturated carbocycles. The van der Waals surface area contributed by atoms with Crippen LogP contribution in [0.2, 0.25) is 0 Å². The van der Waals surface area contributed by atoms with Gasteiger partial charge in [-0.3, -0.25) is 19.2 Å². The summed E-state index contributed by atoms with van der Waals surface area (Å²) < 4.78 is 12.2. The van der Waals surface area contributed by atoms with E-state index in [1.165, 1.54) is 4.90 Å². The van der Waals surface area contributed by atoms with Crippen molar-refractivity contribution in [3.63, 3.8) is 0 Å². The molecule has 3 aliphatic heterocycles. The molecule has 0 aliphatic carbocycles.